The smallest absolute Gasteiger partial charge is 0.264 e. The van der Waals surface area contributed by atoms with E-state index in [0.29, 0.717) is 4.47 Å². The maximum Gasteiger partial charge on any atom is 0.264 e. The summed E-state index contributed by atoms with van der Waals surface area (Å²) in [5.74, 6) is -0.583. The van der Waals surface area contributed by atoms with Gasteiger partial charge in [-0.1, -0.05) is 34.1 Å². The minimum absolute atomic E-state index is 0.0413. The molecule has 0 heterocycles. The van der Waals surface area contributed by atoms with Gasteiger partial charge in [0.2, 0.25) is 0 Å². The fourth-order valence-corrected chi connectivity index (χ4v) is 3.71. The Morgan fingerprint density at radius 3 is 2.35 bits per heavy atom. The SMILES string of the molecule is CCN(c1ccc(Br)cc1F)S(=O)(=O)c1ccccc1. The number of halogens is 2. The zero-order valence-corrected chi connectivity index (χ0v) is 13.2. The average Bonchev–Trinajstić information content (AvgIpc) is 2.43. The summed E-state index contributed by atoms with van der Waals surface area (Å²) < 4.78 is 40.7. The van der Waals surface area contributed by atoms with Crippen molar-refractivity contribution in [3.8, 4) is 0 Å². The molecule has 0 saturated carbocycles. The van der Waals surface area contributed by atoms with Crippen molar-refractivity contribution in [3.63, 3.8) is 0 Å². The molecular formula is C14H13BrFNO2S. The molecule has 0 amide bonds. The van der Waals surface area contributed by atoms with E-state index < -0.39 is 15.8 Å². The Morgan fingerprint density at radius 1 is 1.15 bits per heavy atom. The van der Waals surface area contributed by atoms with Gasteiger partial charge in [0.1, 0.15) is 5.82 Å². The number of nitrogens with zero attached hydrogens (tertiary/aromatic N) is 1. The van der Waals surface area contributed by atoms with E-state index in [4.69, 9.17) is 0 Å². The van der Waals surface area contributed by atoms with Gasteiger partial charge in [0.25, 0.3) is 10.0 Å². The van der Waals surface area contributed by atoms with E-state index in [9.17, 15) is 12.8 Å². The lowest BCUT2D eigenvalue weighted by molar-refractivity contribution is 0.586. The van der Waals surface area contributed by atoms with Crippen LogP contribution in [0.25, 0.3) is 0 Å². The van der Waals surface area contributed by atoms with Gasteiger partial charge in [0.05, 0.1) is 10.6 Å². The monoisotopic (exact) mass is 357 g/mol. The largest absolute Gasteiger partial charge is 0.264 e. The Morgan fingerprint density at radius 2 is 1.80 bits per heavy atom. The van der Waals surface area contributed by atoms with E-state index in [2.05, 4.69) is 15.9 Å². The second-order valence-electron chi connectivity index (χ2n) is 4.08. The van der Waals surface area contributed by atoms with E-state index in [-0.39, 0.29) is 17.1 Å². The van der Waals surface area contributed by atoms with Crippen LogP contribution in [0.5, 0.6) is 0 Å². The van der Waals surface area contributed by atoms with E-state index >= 15 is 0 Å². The minimum atomic E-state index is -3.76. The van der Waals surface area contributed by atoms with E-state index in [1.54, 1.807) is 31.2 Å². The second-order valence-corrected chi connectivity index (χ2v) is 6.86. The Labute approximate surface area is 126 Å². The zero-order valence-electron chi connectivity index (χ0n) is 10.8. The number of anilines is 1. The molecule has 2 aromatic rings. The van der Waals surface area contributed by atoms with Crippen molar-refractivity contribution >= 4 is 31.6 Å². The highest BCUT2D eigenvalue weighted by Crippen LogP contribution is 2.28. The first-order chi connectivity index (χ1) is 9.46. The van der Waals surface area contributed by atoms with Crippen molar-refractivity contribution in [2.75, 3.05) is 10.8 Å². The molecule has 0 aliphatic carbocycles. The van der Waals surface area contributed by atoms with E-state index in [1.165, 1.54) is 24.3 Å². The third-order valence-electron chi connectivity index (χ3n) is 2.80. The molecule has 0 spiro atoms. The first-order valence-electron chi connectivity index (χ1n) is 5.99. The van der Waals surface area contributed by atoms with Gasteiger partial charge in [0, 0.05) is 11.0 Å². The molecule has 20 heavy (non-hydrogen) atoms. The van der Waals surface area contributed by atoms with Gasteiger partial charge in [-0.2, -0.15) is 0 Å². The topological polar surface area (TPSA) is 37.4 Å². The van der Waals surface area contributed by atoms with Crippen LogP contribution in [0, 0.1) is 5.82 Å². The van der Waals surface area contributed by atoms with Crippen LogP contribution < -0.4 is 4.31 Å². The number of sulfonamides is 1. The lowest BCUT2D eigenvalue weighted by atomic mass is 10.3. The molecule has 0 aliphatic rings. The van der Waals surface area contributed by atoms with Crippen LogP contribution >= 0.6 is 15.9 Å². The van der Waals surface area contributed by atoms with Gasteiger partial charge in [-0.3, -0.25) is 4.31 Å². The molecule has 0 bridgehead atoms. The molecule has 6 heteroatoms. The zero-order chi connectivity index (χ0) is 14.8. The normalized spacial score (nSPS) is 11.3. The Kier molecular flexibility index (Phi) is 4.45. The first kappa shape index (κ1) is 15.0. The van der Waals surface area contributed by atoms with Crippen LogP contribution in [-0.4, -0.2) is 15.0 Å². The highest BCUT2D eigenvalue weighted by molar-refractivity contribution is 9.10. The minimum Gasteiger partial charge on any atom is -0.264 e. The van der Waals surface area contributed by atoms with Gasteiger partial charge in [-0.15, -0.1) is 0 Å². The second kappa shape index (κ2) is 5.93. The third kappa shape index (κ3) is 2.86. The molecule has 0 aliphatic heterocycles. The maximum atomic E-state index is 14.0. The summed E-state index contributed by atoms with van der Waals surface area (Å²) in [6.45, 7) is 1.82. The van der Waals surface area contributed by atoms with Crippen molar-refractivity contribution in [1.82, 2.24) is 0 Å². The Hall–Kier alpha value is -1.40. The van der Waals surface area contributed by atoms with Crippen LogP contribution in [-0.2, 0) is 10.0 Å². The quantitative estimate of drug-likeness (QED) is 0.834. The molecule has 3 nitrogen and oxygen atoms in total. The van der Waals surface area contributed by atoms with Gasteiger partial charge in [0.15, 0.2) is 0 Å². The molecule has 2 aromatic carbocycles. The Bertz CT molecular complexity index is 704. The van der Waals surface area contributed by atoms with Gasteiger partial charge in [-0.05, 0) is 37.3 Å². The summed E-state index contributed by atoms with van der Waals surface area (Å²) >= 11 is 3.15. The van der Waals surface area contributed by atoms with Crippen molar-refractivity contribution in [2.45, 2.75) is 11.8 Å². The fourth-order valence-electron chi connectivity index (χ4n) is 1.87. The summed E-state index contributed by atoms with van der Waals surface area (Å²) in [5.41, 5.74) is 0.0413. The highest BCUT2D eigenvalue weighted by atomic mass is 79.9. The summed E-state index contributed by atoms with van der Waals surface area (Å²) in [5, 5.41) is 0. The molecule has 0 saturated heterocycles. The summed E-state index contributed by atoms with van der Waals surface area (Å²) in [6, 6.07) is 12.3. The molecule has 0 fully saturated rings. The number of benzene rings is 2. The molecular weight excluding hydrogens is 345 g/mol. The van der Waals surface area contributed by atoms with E-state index in [0.717, 1.165) is 4.31 Å². The maximum absolute atomic E-state index is 14.0. The molecule has 0 unspecified atom stereocenters. The summed E-state index contributed by atoms with van der Waals surface area (Å²) in [6.07, 6.45) is 0. The lowest BCUT2D eigenvalue weighted by Crippen LogP contribution is -2.31. The molecule has 0 radical (unpaired) electrons. The summed E-state index contributed by atoms with van der Waals surface area (Å²) in [7, 11) is -3.76. The predicted octanol–water partition coefficient (Wildman–Crippen LogP) is 3.80. The van der Waals surface area contributed by atoms with Crippen LogP contribution in [0.2, 0.25) is 0 Å². The average molecular weight is 358 g/mol. The first-order valence-corrected chi connectivity index (χ1v) is 8.23. The Balaban J connectivity index is 2.52. The molecule has 106 valence electrons. The fraction of sp³-hybridized carbons (Fsp3) is 0.143. The van der Waals surface area contributed by atoms with Crippen LogP contribution in [0.1, 0.15) is 6.92 Å². The van der Waals surface area contributed by atoms with Gasteiger partial charge < -0.3 is 0 Å². The van der Waals surface area contributed by atoms with Gasteiger partial charge >= 0.3 is 0 Å². The number of hydrogen-bond donors (Lipinski definition) is 0. The number of rotatable bonds is 4. The van der Waals surface area contributed by atoms with Crippen molar-refractivity contribution in [2.24, 2.45) is 0 Å². The van der Waals surface area contributed by atoms with Crippen LogP contribution in [0.3, 0.4) is 0 Å². The van der Waals surface area contributed by atoms with Crippen LogP contribution in [0.4, 0.5) is 10.1 Å². The number of hydrogen-bond acceptors (Lipinski definition) is 2. The lowest BCUT2D eigenvalue weighted by Gasteiger charge is -2.23. The third-order valence-corrected chi connectivity index (χ3v) is 5.19. The molecule has 0 atom stereocenters. The summed E-state index contributed by atoms with van der Waals surface area (Å²) in [4.78, 5) is 0.143. The predicted molar refractivity (Wildman–Crippen MR) is 80.7 cm³/mol. The van der Waals surface area contributed by atoms with Crippen molar-refractivity contribution in [1.29, 1.82) is 0 Å². The highest BCUT2D eigenvalue weighted by Gasteiger charge is 2.25. The standard InChI is InChI=1S/C14H13BrFNO2S/c1-2-17(14-9-8-11(15)10-13(14)16)20(18,19)12-6-4-3-5-7-12/h3-10H,2H2,1H3. The molecule has 2 rings (SSSR count). The molecule has 0 N–H and O–H groups in total. The van der Waals surface area contributed by atoms with Crippen molar-refractivity contribution < 1.29 is 12.8 Å². The van der Waals surface area contributed by atoms with E-state index in [1.807, 2.05) is 0 Å². The molecule has 0 aromatic heterocycles. The van der Waals surface area contributed by atoms with Gasteiger partial charge in [-0.25, -0.2) is 12.8 Å². The van der Waals surface area contributed by atoms with Crippen LogP contribution in [0.15, 0.2) is 57.9 Å². The van der Waals surface area contributed by atoms with Crippen molar-refractivity contribution in [3.05, 3.63) is 58.8 Å².